The highest BCUT2D eigenvalue weighted by Crippen LogP contribution is 2.05. The molecule has 1 aliphatic heterocycles. The van der Waals surface area contributed by atoms with Crippen molar-refractivity contribution in [3.8, 4) is 0 Å². The number of nitrogens with two attached hydrogens (primary N) is 1. The number of hydrogen-bond donors (Lipinski definition) is 2. The summed E-state index contributed by atoms with van der Waals surface area (Å²) in [6.07, 6.45) is 0. The Kier molecular flexibility index (Phi) is 2.72. The molecule has 1 fully saturated rings. The second kappa shape index (κ2) is 3.29. The summed E-state index contributed by atoms with van der Waals surface area (Å²) in [4.78, 5) is 0. The van der Waals surface area contributed by atoms with Gasteiger partial charge in [-0.2, -0.15) is 12.7 Å². The molecule has 5 nitrogen and oxygen atoms in total. The third-order valence-electron chi connectivity index (χ3n) is 1.88. The van der Waals surface area contributed by atoms with Gasteiger partial charge in [0.05, 0.1) is 0 Å². The molecular weight excluding hydrogens is 178 g/mol. The highest BCUT2D eigenvalue weighted by Gasteiger charge is 2.27. The van der Waals surface area contributed by atoms with Crippen LogP contribution in [-0.2, 0) is 10.2 Å². The topological polar surface area (TPSA) is 75.4 Å². The molecule has 0 aliphatic carbocycles. The van der Waals surface area contributed by atoms with Crippen LogP contribution in [0.25, 0.3) is 0 Å². The second-order valence-corrected chi connectivity index (χ2v) is 4.88. The van der Waals surface area contributed by atoms with Gasteiger partial charge < -0.3 is 5.32 Å². The van der Waals surface area contributed by atoms with Gasteiger partial charge in [0.2, 0.25) is 0 Å². The first kappa shape index (κ1) is 9.91. The van der Waals surface area contributed by atoms with Crippen molar-refractivity contribution in [3.63, 3.8) is 0 Å². The molecule has 1 rings (SSSR count). The van der Waals surface area contributed by atoms with E-state index < -0.39 is 10.2 Å². The van der Waals surface area contributed by atoms with E-state index in [9.17, 15) is 8.42 Å². The van der Waals surface area contributed by atoms with E-state index in [4.69, 9.17) is 5.14 Å². The van der Waals surface area contributed by atoms with Gasteiger partial charge in [0.15, 0.2) is 0 Å². The Hall–Kier alpha value is -0.170. The van der Waals surface area contributed by atoms with Crippen LogP contribution in [0.2, 0.25) is 0 Å². The zero-order valence-electron chi connectivity index (χ0n) is 7.32. The Morgan fingerprint density at radius 1 is 1.33 bits per heavy atom. The van der Waals surface area contributed by atoms with Crippen LogP contribution in [0.4, 0.5) is 0 Å². The summed E-state index contributed by atoms with van der Waals surface area (Å²) in [7, 11) is -3.50. The second-order valence-electron chi connectivity index (χ2n) is 3.33. The van der Waals surface area contributed by atoms with E-state index in [1.54, 1.807) is 0 Å². The number of nitrogens with one attached hydrogen (secondary N) is 1. The molecule has 1 aliphatic rings. The molecule has 1 saturated heterocycles. The largest absolute Gasteiger partial charge is 0.309 e. The van der Waals surface area contributed by atoms with E-state index in [0.29, 0.717) is 13.1 Å². The van der Waals surface area contributed by atoms with Crippen LogP contribution in [-0.4, -0.2) is 37.9 Å². The summed E-state index contributed by atoms with van der Waals surface area (Å²) in [5.74, 6) is 0. The SMILES string of the molecule is CC1CN(S(N)(=O)=O)CC(C)N1. The van der Waals surface area contributed by atoms with Crippen molar-refractivity contribution >= 4 is 10.2 Å². The van der Waals surface area contributed by atoms with E-state index in [2.05, 4.69) is 5.32 Å². The molecule has 1 heterocycles. The van der Waals surface area contributed by atoms with Gasteiger partial charge in [-0.05, 0) is 13.8 Å². The predicted octanol–water partition coefficient (Wildman–Crippen LogP) is -1.13. The van der Waals surface area contributed by atoms with Crippen LogP contribution in [0.1, 0.15) is 13.8 Å². The van der Waals surface area contributed by atoms with E-state index >= 15 is 0 Å². The molecule has 0 saturated carbocycles. The zero-order valence-corrected chi connectivity index (χ0v) is 8.13. The molecule has 3 N–H and O–H groups in total. The average molecular weight is 193 g/mol. The summed E-state index contributed by atoms with van der Waals surface area (Å²) in [5.41, 5.74) is 0. The van der Waals surface area contributed by atoms with Gasteiger partial charge in [-0.25, -0.2) is 5.14 Å². The van der Waals surface area contributed by atoms with Gasteiger partial charge in [0, 0.05) is 25.2 Å². The third-order valence-corrected chi connectivity index (χ3v) is 2.90. The van der Waals surface area contributed by atoms with Crippen LogP contribution in [0.5, 0.6) is 0 Å². The smallest absolute Gasteiger partial charge is 0.277 e. The van der Waals surface area contributed by atoms with Gasteiger partial charge in [-0.3, -0.25) is 0 Å². The summed E-state index contributed by atoms with van der Waals surface area (Å²) < 4.78 is 23.2. The van der Waals surface area contributed by atoms with E-state index in [1.165, 1.54) is 4.31 Å². The minimum atomic E-state index is -3.50. The molecule has 2 unspecified atom stereocenters. The molecule has 0 radical (unpaired) electrons. The van der Waals surface area contributed by atoms with Crippen LogP contribution >= 0.6 is 0 Å². The van der Waals surface area contributed by atoms with E-state index in [1.807, 2.05) is 13.8 Å². The first-order chi connectivity index (χ1) is 5.39. The highest BCUT2D eigenvalue weighted by molar-refractivity contribution is 7.86. The fourth-order valence-electron chi connectivity index (χ4n) is 1.48. The van der Waals surface area contributed by atoms with E-state index in [-0.39, 0.29) is 12.1 Å². The molecule has 6 heteroatoms. The Balaban J connectivity index is 2.68. The molecule has 0 amide bonds. The quantitative estimate of drug-likeness (QED) is 0.553. The summed E-state index contributed by atoms with van der Waals surface area (Å²) >= 11 is 0. The Labute approximate surface area is 73.1 Å². The van der Waals surface area contributed by atoms with Crippen LogP contribution < -0.4 is 10.5 Å². The van der Waals surface area contributed by atoms with Crippen molar-refractivity contribution in [1.82, 2.24) is 9.62 Å². The standard InChI is InChI=1S/C6H15N3O2S/c1-5-3-9(12(7,10)11)4-6(2)8-5/h5-6,8H,3-4H2,1-2H3,(H2,7,10,11). The van der Waals surface area contributed by atoms with Crippen molar-refractivity contribution in [2.75, 3.05) is 13.1 Å². The Morgan fingerprint density at radius 3 is 2.08 bits per heavy atom. The van der Waals surface area contributed by atoms with Crippen LogP contribution in [0, 0.1) is 0 Å². The number of nitrogens with zero attached hydrogens (tertiary/aromatic N) is 1. The Bertz CT molecular complexity index is 242. The maximum Gasteiger partial charge on any atom is 0.277 e. The van der Waals surface area contributed by atoms with Gasteiger partial charge in [0.1, 0.15) is 0 Å². The molecule has 0 aromatic rings. The fraction of sp³-hybridized carbons (Fsp3) is 1.00. The summed E-state index contributed by atoms with van der Waals surface area (Å²) in [6, 6.07) is 0.346. The lowest BCUT2D eigenvalue weighted by Crippen LogP contribution is -2.57. The van der Waals surface area contributed by atoms with Gasteiger partial charge >= 0.3 is 0 Å². The zero-order chi connectivity index (χ0) is 9.35. The van der Waals surface area contributed by atoms with Crippen molar-refractivity contribution in [2.45, 2.75) is 25.9 Å². The molecule has 12 heavy (non-hydrogen) atoms. The first-order valence-corrected chi connectivity index (χ1v) is 5.44. The molecule has 0 spiro atoms. The van der Waals surface area contributed by atoms with E-state index in [0.717, 1.165) is 0 Å². The maximum atomic E-state index is 11.0. The number of piperazine rings is 1. The number of hydrogen-bond acceptors (Lipinski definition) is 3. The molecule has 0 bridgehead atoms. The number of rotatable bonds is 1. The van der Waals surface area contributed by atoms with Gasteiger partial charge in [0.25, 0.3) is 10.2 Å². The average Bonchev–Trinajstić information content (AvgIpc) is 1.82. The maximum absolute atomic E-state index is 11.0. The Morgan fingerprint density at radius 2 is 1.75 bits per heavy atom. The minimum Gasteiger partial charge on any atom is -0.309 e. The van der Waals surface area contributed by atoms with Crippen molar-refractivity contribution in [3.05, 3.63) is 0 Å². The molecule has 0 aromatic carbocycles. The van der Waals surface area contributed by atoms with Crippen LogP contribution in [0.3, 0.4) is 0 Å². The lowest BCUT2D eigenvalue weighted by atomic mass is 10.2. The molecule has 2 atom stereocenters. The molecule has 72 valence electrons. The first-order valence-electron chi connectivity index (χ1n) is 3.93. The lowest BCUT2D eigenvalue weighted by Gasteiger charge is -2.33. The minimum absolute atomic E-state index is 0.173. The summed E-state index contributed by atoms with van der Waals surface area (Å²) in [5, 5.41) is 8.22. The van der Waals surface area contributed by atoms with Crippen molar-refractivity contribution in [1.29, 1.82) is 0 Å². The highest BCUT2D eigenvalue weighted by atomic mass is 32.2. The summed E-state index contributed by atoms with van der Waals surface area (Å²) in [6.45, 7) is 4.80. The monoisotopic (exact) mass is 193 g/mol. The van der Waals surface area contributed by atoms with Crippen molar-refractivity contribution < 1.29 is 8.42 Å². The molecular formula is C6H15N3O2S. The normalized spacial score (nSPS) is 33.6. The lowest BCUT2D eigenvalue weighted by molar-refractivity contribution is 0.263. The van der Waals surface area contributed by atoms with Crippen LogP contribution in [0.15, 0.2) is 0 Å². The van der Waals surface area contributed by atoms with Crippen molar-refractivity contribution in [2.24, 2.45) is 5.14 Å². The predicted molar refractivity (Wildman–Crippen MR) is 46.7 cm³/mol. The van der Waals surface area contributed by atoms with Gasteiger partial charge in [-0.1, -0.05) is 0 Å². The van der Waals surface area contributed by atoms with Gasteiger partial charge in [-0.15, -0.1) is 0 Å². The molecule has 0 aromatic heterocycles. The third kappa shape index (κ3) is 2.41. The fourth-order valence-corrected chi connectivity index (χ4v) is 2.35.